The van der Waals surface area contributed by atoms with Crippen LogP contribution in [0, 0.1) is 18.6 Å². The number of hydrogen-bond donors (Lipinski definition) is 1. The van der Waals surface area contributed by atoms with Crippen molar-refractivity contribution in [3.8, 4) is 17.2 Å². The van der Waals surface area contributed by atoms with Crippen LogP contribution in [0.15, 0.2) is 87.3 Å². The fourth-order valence-electron chi connectivity index (χ4n) is 9.88. The number of H-pyrrole nitrogens is 1. The predicted molar refractivity (Wildman–Crippen MR) is 230 cm³/mol. The molecule has 0 radical (unpaired) electrons. The van der Waals surface area contributed by atoms with Gasteiger partial charge in [0.25, 0.3) is 5.91 Å². The summed E-state index contributed by atoms with van der Waals surface area (Å²) in [5.74, 6) is -0.938. The van der Waals surface area contributed by atoms with Gasteiger partial charge in [0.1, 0.15) is 22.9 Å². The lowest BCUT2D eigenvalue weighted by molar-refractivity contribution is 0.0664. The Labute approximate surface area is 363 Å². The molecule has 2 fully saturated rings. The maximum atomic E-state index is 16.3. The van der Waals surface area contributed by atoms with E-state index in [0.29, 0.717) is 103 Å². The molecule has 0 unspecified atom stereocenters. The summed E-state index contributed by atoms with van der Waals surface area (Å²) < 4.78 is 54.7. The van der Waals surface area contributed by atoms with Crippen molar-refractivity contribution >= 4 is 27.7 Å². The Kier molecular flexibility index (Phi) is 9.42. The number of methoxy groups -OCH3 is 1. The third-order valence-electron chi connectivity index (χ3n) is 13.4. The van der Waals surface area contributed by atoms with E-state index >= 15 is 9.18 Å². The number of nitrogens with one attached hydrogen (secondary N) is 1. The van der Waals surface area contributed by atoms with Crippen molar-refractivity contribution in [3.05, 3.63) is 140 Å². The molecule has 1 aliphatic carbocycles. The molecule has 0 spiro atoms. The van der Waals surface area contributed by atoms with Gasteiger partial charge in [-0.1, -0.05) is 11.2 Å². The summed E-state index contributed by atoms with van der Waals surface area (Å²) in [6.07, 6.45) is 7.87. The summed E-state index contributed by atoms with van der Waals surface area (Å²) in [6, 6.07) is 15.4. The minimum atomic E-state index is -0.809. The number of ether oxygens (including phenoxy) is 2. The second kappa shape index (κ2) is 15.1. The van der Waals surface area contributed by atoms with Crippen molar-refractivity contribution in [2.45, 2.75) is 70.0 Å². The predicted octanol–water partition coefficient (Wildman–Crippen LogP) is 6.22. The van der Waals surface area contributed by atoms with Crippen LogP contribution in [-0.2, 0) is 28.0 Å². The summed E-state index contributed by atoms with van der Waals surface area (Å²) in [7, 11) is 1.58. The van der Waals surface area contributed by atoms with Gasteiger partial charge in [-0.2, -0.15) is 10.2 Å². The zero-order valence-electron chi connectivity index (χ0n) is 35.4. The highest BCUT2D eigenvalue weighted by Gasteiger charge is 2.52. The number of carbonyl (C=O) groups is 1. The Balaban J connectivity index is 1.03. The Bertz CT molecular complexity index is 3270. The van der Waals surface area contributed by atoms with E-state index in [1.165, 1.54) is 33.2 Å². The standard InChI is InChI=1S/C46H44F2N10O6/c1-26-22-31(5-6-33(26)47)58-41(55-17-16-54(45(55)61)37-9-8-36-32(40(37)48)25-49-56(36)18-21-62-3)39-27(2)53(15-10-34(39)51-58)42(59)38-24-30-23-29(28-11-19-63-20-12-28)4-7-35(30)57(38)46(13-14-46)43-50-44(60)64-52-43/h4-9,16-17,22-25,27-28H,10-15,18-21H2,1-3H3,(H,50,52,60)/t27-/m0/s1. The van der Waals surface area contributed by atoms with E-state index in [2.05, 4.69) is 27.4 Å². The number of carbonyl (C=O) groups excluding carboxylic acids is 1. The molecule has 7 heterocycles. The fourth-order valence-corrected chi connectivity index (χ4v) is 9.88. The first-order chi connectivity index (χ1) is 31.1. The van der Waals surface area contributed by atoms with Crippen molar-refractivity contribution < 1.29 is 27.6 Å². The van der Waals surface area contributed by atoms with Gasteiger partial charge in [0, 0.05) is 62.1 Å². The molecular weight excluding hydrogens is 827 g/mol. The van der Waals surface area contributed by atoms with Crippen molar-refractivity contribution in [2.75, 3.05) is 33.5 Å². The normalized spacial score (nSPS) is 17.5. The third-order valence-corrected chi connectivity index (χ3v) is 13.4. The van der Waals surface area contributed by atoms with Crippen molar-refractivity contribution in [3.63, 3.8) is 0 Å². The average Bonchev–Trinajstić information content (AvgIpc) is 3.79. The number of hydrogen-bond acceptors (Lipinski definition) is 9. The molecule has 16 nitrogen and oxygen atoms in total. The van der Waals surface area contributed by atoms with E-state index in [-0.39, 0.29) is 17.0 Å². The van der Waals surface area contributed by atoms with Gasteiger partial charge < -0.3 is 18.9 Å². The van der Waals surface area contributed by atoms with E-state index in [0.717, 1.165) is 23.7 Å². The highest BCUT2D eigenvalue weighted by atomic mass is 19.1. The van der Waals surface area contributed by atoms with Crippen LogP contribution in [-0.4, -0.2) is 87.7 Å². The Hall–Kier alpha value is -6.92. The van der Waals surface area contributed by atoms with Crippen LogP contribution >= 0.6 is 0 Å². The Morgan fingerprint density at radius 2 is 1.80 bits per heavy atom. The molecule has 0 bridgehead atoms. The summed E-state index contributed by atoms with van der Waals surface area (Å²) in [4.78, 5) is 46.8. The largest absolute Gasteiger partial charge is 0.438 e. The van der Waals surface area contributed by atoms with Crippen LogP contribution in [0.2, 0.25) is 0 Å². The molecule has 2 aliphatic heterocycles. The van der Waals surface area contributed by atoms with Crippen LogP contribution < -0.4 is 11.4 Å². The topological polar surface area (TPSA) is 165 Å². The summed E-state index contributed by atoms with van der Waals surface area (Å²) >= 11 is 0. The van der Waals surface area contributed by atoms with Crippen LogP contribution in [0.5, 0.6) is 0 Å². The number of fused-ring (bicyclic) bond motifs is 3. The molecule has 1 saturated heterocycles. The first-order valence-electron chi connectivity index (χ1n) is 21.5. The molecule has 1 atom stereocenters. The van der Waals surface area contributed by atoms with Crippen LogP contribution in [0.25, 0.3) is 39.0 Å². The number of benzene rings is 3. The van der Waals surface area contributed by atoms with E-state index in [9.17, 15) is 14.0 Å². The second-order valence-electron chi connectivity index (χ2n) is 17.0. The van der Waals surface area contributed by atoms with Gasteiger partial charge in [-0.05, 0) is 105 Å². The highest BCUT2D eigenvalue weighted by molar-refractivity contribution is 6.00. The third kappa shape index (κ3) is 6.21. The number of aryl methyl sites for hydroxylation is 1. The molecular formula is C46H44F2N10O6. The van der Waals surface area contributed by atoms with Gasteiger partial charge in [0.05, 0.1) is 53.4 Å². The zero-order chi connectivity index (χ0) is 44.0. The number of imidazole rings is 1. The van der Waals surface area contributed by atoms with Crippen LogP contribution in [0.3, 0.4) is 0 Å². The van der Waals surface area contributed by atoms with Crippen molar-refractivity contribution in [1.82, 2.24) is 48.3 Å². The van der Waals surface area contributed by atoms with E-state index in [4.69, 9.17) is 19.1 Å². The molecule has 5 aromatic heterocycles. The zero-order valence-corrected chi connectivity index (χ0v) is 35.4. The molecule has 328 valence electrons. The number of aromatic amines is 1. The number of amides is 1. The number of aromatic nitrogens is 9. The molecule has 3 aliphatic rings. The van der Waals surface area contributed by atoms with E-state index in [1.54, 1.807) is 58.8 Å². The van der Waals surface area contributed by atoms with Gasteiger partial charge in [-0.3, -0.25) is 28.1 Å². The highest BCUT2D eigenvalue weighted by Crippen LogP contribution is 2.51. The SMILES string of the molecule is COCCn1ncc2c(F)c(-n3ccn(-c4c5c(nn4-c4ccc(F)c(C)c4)CCN(C(=O)c4cc6cc(C7CCOCC7)ccc6n4C4(c6noc(=O)[nH]6)CC4)[C@H]5C)c3=O)ccc21. The second-order valence-corrected chi connectivity index (χ2v) is 17.0. The lowest BCUT2D eigenvalue weighted by atomic mass is 9.91. The minimum absolute atomic E-state index is 0.0280. The first-order valence-corrected chi connectivity index (χ1v) is 21.5. The molecule has 1 saturated carbocycles. The summed E-state index contributed by atoms with van der Waals surface area (Å²) in [6.45, 7) is 6.04. The fraction of sp³-hybridized carbons (Fsp3) is 0.348. The monoisotopic (exact) mass is 870 g/mol. The van der Waals surface area contributed by atoms with Crippen LogP contribution in [0.1, 0.15) is 83.3 Å². The van der Waals surface area contributed by atoms with Crippen molar-refractivity contribution in [1.29, 1.82) is 0 Å². The van der Waals surface area contributed by atoms with Gasteiger partial charge in [0.2, 0.25) is 0 Å². The number of halogens is 2. The molecule has 8 aromatic rings. The molecule has 64 heavy (non-hydrogen) atoms. The number of nitrogens with zero attached hydrogens (tertiary/aromatic N) is 9. The smallest absolute Gasteiger partial charge is 0.383 e. The lowest BCUT2D eigenvalue weighted by Crippen LogP contribution is -2.41. The average molecular weight is 871 g/mol. The first kappa shape index (κ1) is 39.9. The molecule has 18 heteroatoms. The number of rotatable bonds is 10. The minimum Gasteiger partial charge on any atom is -0.383 e. The lowest BCUT2D eigenvalue weighted by Gasteiger charge is -2.34. The summed E-state index contributed by atoms with van der Waals surface area (Å²) in [5, 5.41) is 14.6. The summed E-state index contributed by atoms with van der Waals surface area (Å²) in [5.41, 5.74) is 3.76. The maximum absolute atomic E-state index is 16.3. The molecule has 11 rings (SSSR count). The van der Waals surface area contributed by atoms with Gasteiger partial charge in [-0.25, -0.2) is 23.1 Å². The Morgan fingerprint density at radius 1 is 1.00 bits per heavy atom. The van der Waals surface area contributed by atoms with Crippen LogP contribution in [0.4, 0.5) is 8.78 Å². The quantitative estimate of drug-likeness (QED) is 0.168. The molecule has 1 N–H and O–H groups in total. The van der Waals surface area contributed by atoms with Gasteiger partial charge in [0.15, 0.2) is 11.6 Å². The van der Waals surface area contributed by atoms with E-state index in [1.807, 2.05) is 23.6 Å². The maximum Gasteiger partial charge on any atom is 0.438 e. The van der Waals surface area contributed by atoms with Crippen molar-refractivity contribution in [2.24, 2.45) is 0 Å². The Morgan fingerprint density at radius 3 is 2.55 bits per heavy atom. The van der Waals surface area contributed by atoms with Gasteiger partial charge >= 0.3 is 11.4 Å². The van der Waals surface area contributed by atoms with E-state index < -0.39 is 34.7 Å². The molecule has 3 aromatic carbocycles. The molecule has 1 amide bonds. The van der Waals surface area contributed by atoms with Gasteiger partial charge in [-0.15, -0.1) is 0 Å².